The van der Waals surface area contributed by atoms with E-state index in [1.807, 2.05) is 37.3 Å². The van der Waals surface area contributed by atoms with Crippen molar-refractivity contribution in [1.29, 1.82) is 0 Å². The SMILES string of the molecule is COc1ccc(N2CCN(CC(=O)N[C@H](C)c3ccc4c(c3)OCO4)CC2)cc1. The van der Waals surface area contributed by atoms with E-state index in [9.17, 15) is 4.79 Å². The van der Waals surface area contributed by atoms with Crippen LogP contribution in [0, 0.1) is 0 Å². The van der Waals surface area contributed by atoms with Gasteiger partial charge in [-0.2, -0.15) is 0 Å². The standard InChI is InChI=1S/C22H27N3O4/c1-16(17-3-8-20-21(13-17)29-15-28-20)23-22(26)14-24-9-11-25(12-10-24)18-4-6-19(27-2)7-5-18/h3-8,13,16H,9-12,14-15H2,1-2H3,(H,23,26)/t16-/m1/s1. The van der Waals surface area contributed by atoms with Crippen molar-refractivity contribution in [2.24, 2.45) is 0 Å². The van der Waals surface area contributed by atoms with Crippen molar-refractivity contribution in [1.82, 2.24) is 10.2 Å². The van der Waals surface area contributed by atoms with Crippen molar-refractivity contribution in [3.63, 3.8) is 0 Å². The number of piperazine rings is 1. The second kappa shape index (κ2) is 8.61. The van der Waals surface area contributed by atoms with Crippen LogP contribution in [0.2, 0.25) is 0 Å². The zero-order valence-corrected chi connectivity index (χ0v) is 16.9. The monoisotopic (exact) mass is 397 g/mol. The lowest BCUT2D eigenvalue weighted by Gasteiger charge is -2.36. The van der Waals surface area contributed by atoms with Gasteiger partial charge in [-0.05, 0) is 48.9 Å². The van der Waals surface area contributed by atoms with Gasteiger partial charge in [-0.1, -0.05) is 6.07 Å². The van der Waals surface area contributed by atoms with E-state index in [0.29, 0.717) is 6.54 Å². The van der Waals surface area contributed by atoms with Crippen molar-refractivity contribution >= 4 is 11.6 Å². The molecule has 1 amide bonds. The third kappa shape index (κ3) is 4.56. The number of hydrogen-bond donors (Lipinski definition) is 1. The molecule has 0 spiro atoms. The average molecular weight is 397 g/mol. The van der Waals surface area contributed by atoms with Gasteiger partial charge in [0, 0.05) is 31.9 Å². The molecule has 0 aromatic heterocycles. The Hall–Kier alpha value is -2.93. The van der Waals surface area contributed by atoms with Gasteiger partial charge in [0.2, 0.25) is 12.7 Å². The average Bonchev–Trinajstić information content (AvgIpc) is 3.22. The molecule has 154 valence electrons. The number of rotatable bonds is 6. The van der Waals surface area contributed by atoms with Crippen LogP contribution in [0.25, 0.3) is 0 Å². The van der Waals surface area contributed by atoms with E-state index in [1.54, 1.807) is 7.11 Å². The Morgan fingerprint density at radius 3 is 2.52 bits per heavy atom. The molecule has 0 unspecified atom stereocenters. The summed E-state index contributed by atoms with van der Waals surface area (Å²) >= 11 is 0. The minimum atomic E-state index is -0.0856. The molecule has 1 N–H and O–H groups in total. The molecule has 2 heterocycles. The van der Waals surface area contributed by atoms with Gasteiger partial charge in [-0.25, -0.2) is 0 Å². The summed E-state index contributed by atoms with van der Waals surface area (Å²) in [5, 5.41) is 3.09. The first-order valence-corrected chi connectivity index (χ1v) is 9.92. The molecule has 7 nitrogen and oxygen atoms in total. The van der Waals surface area contributed by atoms with E-state index >= 15 is 0 Å². The molecule has 2 aliphatic rings. The van der Waals surface area contributed by atoms with E-state index in [1.165, 1.54) is 5.69 Å². The highest BCUT2D eigenvalue weighted by atomic mass is 16.7. The third-order valence-electron chi connectivity index (χ3n) is 5.45. The number of methoxy groups -OCH3 is 1. The summed E-state index contributed by atoms with van der Waals surface area (Å²) in [5.41, 5.74) is 2.19. The number of nitrogens with zero attached hydrogens (tertiary/aromatic N) is 2. The fourth-order valence-electron chi connectivity index (χ4n) is 3.71. The number of anilines is 1. The summed E-state index contributed by atoms with van der Waals surface area (Å²) in [6.07, 6.45) is 0. The summed E-state index contributed by atoms with van der Waals surface area (Å²) in [4.78, 5) is 17.0. The molecule has 0 saturated carbocycles. The normalized spacial score (nSPS) is 17.1. The molecule has 0 bridgehead atoms. The molecule has 4 rings (SSSR count). The maximum atomic E-state index is 12.5. The fourth-order valence-corrected chi connectivity index (χ4v) is 3.71. The molecule has 0 aliphatic carbocycles. The summed E-state index contributed by atoms with van der Waals surface area (Å²) in [7, 11) is 1.67. The largest absolute Gasteiger partial charge is 0.497 e. The molecule has 29 heavy (non-hydrogen) atoms. The van der Waals surface area contributed by atoms with Crippen LogP contribution in [0.1, 0.15) is 18.5 Å². The second-order valence-corrected chi connectivity index (χ2v) is 7.36. The van der Waals surface area contributed by atoms with Crippen LogP contribution in [0.4, 0.5) is 5.69 Å². The van der Waals surface area contributed by atoms with Gasteiger partial charge in [0.25, 0.3) is 0 Å². The van der Waals surface area contributed by atoms with E-state index in [4.69, 9.17) is 14.2 Å². The maximum absolute atomic E-state index is 12.5. The van der Waals surface area contributed by atoms with Gasteiger partial charge in [-0.3, -0.25) is 9.69 Å². The van der Waals surface area contributed by atoms with E-state index in [0.717, 1.165) is 49.0 Å². The molecule has 7 heteroatoms. The van der Waals surface area contributed by atoms with Gasteiger partial charge in [-0.15, -0.1) is 0 Å². The molecule has 1 atom stereocenters. The number of amides is 1. The molecule has 1 saturated heterocycles. The lowest BCUT2D eigenvalue weighted by Crippen LogP contribution is -2.49. The van der Waals surface area contributed by atoms with Crippen LogP contribution in [-0.4, -0.2) is 57.4 Å². The Morgan fingerprint density at radius 2 is 1.79 bits per heavy atom. The highest BCUT2D eigenvalue weighted by Crippen LogP contribution is 2.34. The number of nitrogens with one attached hydrogen (secondary N) is 1. The number of carbonyl (C=O) groups is 1. The van der Waals surface area contributed by atoms with Gasteiger partial charge in [0.15, 0.2) is 11.5 Å². The summed E-state index contributed by atoms with van der Waals surface area (Å²) < 4.78 is 16.0. The maximum Gasteiger partial charge on any atom is 0.234 e. The molecule has 0 radical (unpaired) electrons. The number of carbonyl (C=O) groups excluding carboxylic acids is 1. The Labute approximate surface area is 171 Å². The van der Waals surface area contributed by atoms with Gasteiger partial charge >= 0.3 is 0 Å². The Bertz CT molecular complexity index is 848. The van der Waals surface area contributed by atoms with Crippen molar-refractivity contribution in [2.75, 3.05) is 51.5 Å². The molecule has 1 fully saturated rings. The highest BCUT2D eigenvalue weighted by Gasteiger charge is 2.21. The number of fused-ring (bicyclic) bond motifs is 1. The van der Waals surface area contributed by atoms with Crippen LogP contribution in [0.3, 0.4) is 0 Å². The highest BCUT2D eigenvalue weighted by molar-refractivity contribution is 5.78. The molecular weight excluding hydrogens is 370 g/mol. The van der Waals surface area contributed by atoms with Crippen LogP contribution >= 0.6 is 0 Å². The van der Waals surface area contributed by atoms with Crippen molar-refractivity contribution < 1.29 is 19.0 Å². The Morgan fingerprint density at radius 1 is 1.07 bits per heavy atom. The van der Waals surface area contributed by atoms with E-state index in [2.05, 4.69) is 27.2 Å². The van der Waals surface area contributed by atoms with Crippen LogP contribution < -0.4 is 24.4 Å². The number of ether oxygens (including phenoxy) is 3. The zero-order valence-electron chi connectivity index (χ0n) is 16.9. The minimum Gasteiger partial charge on any atom is -0.497 e. The quantitative estimate of drug-likeness (QED) is 0.808. The first-order chi connectivity index (χ1) is 14.1. The number of benzene rings is 2. The van der Waals surface area contributed by atoms with Crippen molar-refractivity contribution in [3.8, 4) is 17.2 Å². The smallest absolute Gasteiger partial charge is 0.234 e. The zero-order chi connectivity index (χ0) is 20.2. The lowest BCUT2D eigenvalue weighted by atomic mass is 10.1. The predicted molar refractivity (Wildman–Crippen MR) is 111 cm³/mol. The molecule has 2 aliphatic heterocycles. The van der Waals surface area contributed by atoms with Crippen LogP contribution in [-0.2, 0) is 4.79 Å². The minimum absolute atomic E-state index is 0.0352. The molecule has 2 aromatic rings. The second-order valence-electron chi connectivity index (χ2n) is 7.36. The summed E-state index contributed by atoms with van der Waals surface area (Å²) in [6.45, 7) is 6.16. The molecule has 2 aromatic carbocycles. The third-order valence-corrected chi connectivity index (χ3v) is 5.45. The Balaban J connectivity index is 1.25. The van der Waals surface area contributed by atoms with Crippen molar-refractivity contribution in [2.45, 2.75) is 13.0 Å². The van der Waals surface area contributed by atoms with Crippen LogP contribution in [0.5, 0.6) is 17.2 Å². The number of hydrogen-bond acceptors (Lipinski definition) is 6. The van der Waals surface area contributed by atoms with Crippen molar-refractivity contribution in [3.05, 3.63) is 48.0 Å². The summed E-state index contributed by atoms with van der Waals surface area (Å²) in [5.74, 6) is 2.38. The fraction of sp³-hybridized carbons (Fsp3) is 0.409. The summed E-state index contributed by atoms with van der Waals surface area (Å²) in [6, 6.07) is 13.8. The lowest BCUT2D eigenvalue weighted by molar-refractivity contribution is -0.123. The first-order valence-electron chi connectivity index (χ1n) is 9.92. The van der Waals surface area contributed by atoms with E-state index < -0.39 is 0 Å². The first kappa shape index (κ1) is 19.4. The van der Waals surface area contributed by atoms with Gasteiger partial charge in [0.1, 0.15) is 5.75 Å². The van der Waals surface area contributed by atoms with Gasteiger partial charge < -0.3 is 24.4 Å². The molecular formula is C22H27N3O4. The van der Waals surface area contributed by atoms with Gasteiger partial charge in [0.05, 0.1) is 19.7 Å². The Kier molecular flexibility index (Phi) is 5.76. The van der Waals surface area contributed by atoms with Crippen LogP contribution in [0.15, 0.2) is 42.5 Å². The van der Waals surface area contributed by atoms with E-state index in [-0.39, 0.29) is 18.7 Å². The predicted octanol–water partition coefficient (Wildman–Crippen LogP) is 2.42. The topological polar surface area (TPSA) is 63.3 Å².